The topological polar surface area (TPSA) is 38.0 Å². The van der Waals surface area contributed by atoms with Gasteiger partial charge in [0.15, 0.2) is 0 Å². The van der Waals surface area contributed by atoms with Gasteiger partial charge >= 0.3 is 0 Å². The van der Waals surface area contributed by atoms with Crippen LogP contribution in [-0.4, -0.2) is 19.1 Å². The predicted octanol–water partition coefficient (Wildman–Crippen LogP) is 3.06. The van der Waals surface area contributed by atoms with Crippen LogP contribution >= 0.6 is 0 Å². The molecule has 0 aliphatic rings. The molecule has 0 heterocycles. The average Bonchev–Trinajstić information content (AvgIpc) is 2.25. The quantitative estimate of drug-likeness (QED) is 0.519. The van der Waals surface area contributed by atoms with Crippen molar-refractivity contribution in [2.75, 3.05) is 13.1 Å². The van der Waals surface area contributed by atoms with Crippen molar-refractivity contribution in [3.63, 3.8) is 0 Å². The first-order valence-corrected chi connectivity index (χ1v) is 6.77. The summed E-state index contributed by atoms with van der Waals surface area (Å²) in [6, 6.07) is 0.362. The molecular formula is C13H30N2. The Morgan fingerprint density at radius 1 is 0.933 bits per heavy atom. The van der Waals surface area contributed by atoms with Crippen molar-refractivity contribution in [1.29, 1.82) is 0 Å². The standard InChI is InChI=1S/C13H30N2/c1-3-5-7-8-9-11-15-12-13(14)10-6-4-2/h13,15H,3-12,14H2,1-2H3. The number of unbranched alkanes of at least 4 members (excludes halogenated alkanes) is 5. The molecule has 1 atom stereocenters. The fourth-order valence-electron chi connectivity index (χ4n) is 1.71. The highest BCUT2D eigenvalue weighted by Crippen LogP contribution is 2.01. The monoisotopic (exact) mass is 214 g/mol. The third-order valence-electron chi connectivity index (χ3n) is 2.79. The molecule has 0 aromatic rings. The zero-order valence-electron chi connectivity index (χ0n) is 10.7. The fourth-order valence-corrected chi connectivity index (χ4v) is 1.71. The van der Waals surface area contributed by atoms with E-state index in [9.17, 15) is 0 Å². The van der Waals surface area contributed by atoms with Crippen molar-refractivity contribution in [2.24, 2.45) is 5.73 Å². The normalized spacial score (nSPS) is 13.0. The first kappa shape index (κ1) is 14.9. The Kier molecular flexibility index (Phi) is 11.9. The van der Waals surface area contributed by atoms with Gasteiger partial charge in [0, 0.05) is 12.6 Å². The SMILES string of the molecule is CCCCCCCNCC(N)CCCC. The van der Waals surface area contributed by atoms with Crippen molar-refractivity contribution in [1.82, 2.24) is 5.32 Å². The summed E-state index contributed by atoms with van der Waals surface area (Å²) >= 11 is 0. The molecule has 0 amide bonds. The Labute approximate surface area is 96.0 Å². The minimum absolute atomic E-state index is 0.362. The van der Waals surface area contributed by atoms with Gasteiger partial charge in [-0.05, 0) is 19.4 Å². The summed E-state index contributed by atoms with van der Waals surface area (Å²) in [4.78, 5) is 0. The zero-order chi connectivity index (χ0) is 11.4. The maximum atomic E-state index is 5.96. The van der Waals surface area contributed by atoms with Gasteiger partial charge in [-0.25, -0.2) is 0 Å². The van der Waals surface area contributed by atoms with Crippen LogP contribution in [0.1, 0.15) is 65.2 Å². The summed E-state index contributed by atoms with van der Waals surface area (Å²) < 4.78 is 0. The van der Waals surface area contributed by atoms with Gasteiger partial charge in [-0.3, -0.25) is 0 Å². The largest absolute Gasteiger partial charge is 0.327 e. The highest BCUT2D eigenvalue weighted by molar-refractivity contribution is 4.64. The van der Waals surface area contributed by atoms with Crippen LogP contribution in [0, 0.1) is 0 Å². The number of nitrogens with one attached hydrogen (secondary N) is 1. The average molecular weight is 214 g/mol. The fraction of sp³-hybridized carbons (Fsp3) is 1.00. The van der Waals surface area contributed by atoms with Gasteiger partial charge in [0.2, 0.25) is 0 Å². The number of rotatable bonds is 11. The van der Waals surface area contributed by atoms with E-state index < -0.39 is 0 Å². The predicted molar refractivity (Wildman–Crippen MR) is 69.1 cm³/mol. The minimum Gasteiger partial charge on any atom is -0.327 e. The van der Waals surface area contributed by atoms with Gasteiger partial charge in [0.1, 0.15) is 0 Å². The molecule has 2 heteroatoms. The Morgan fingerprint density at radius 3 is 2.27 bits per heavy atom. The molecule has 0 aliphatic carbocycles. The van der Waals surface area contributed by atoms with E-state index in [-0.39, 0.29) is 0 Å². The third-order valence-corrected chi connectivity index (χ3v) is 2.79. The molecule has 0 rings (SSSR count). The van der Waals surface area contributed by atoms with Crippen LogP contribution in [0.3, 0.4) is 0 Å². The van der Waals surface area contributed by atoms with E-state index in [1.165, 1.54) is 51.4 Å². The summed E-state index contributed by atoms with van der Waals surface area (Å²) in [7, 11) is 0. The van der Waals surface area contributed by atoms with Crippen molar-refractivity contribution >= 4 is 0 Å². The van der Waals surface area contributed by atoms with E-state index in [4.69, 9.17) is 5.73 Å². The zero-order valence-corrected chi connectivity index (χ0v) is 10.7. The lowest BCUT2D eigenvalue weighted by Gasteiger charge is -2.11. The van der Waals surface area contributed by atoms with Crippen LogP contribution in [0.5, 0.6) is 0 Å². The van der Waals surface area contributed by atoms with Crippen LogP contribution in [0.4, 0.5) is 0 Å². The van der Waals surface area contributed by atoms with Gasteiger partial charge < -0.3 is 11.1 Å². The lowest BCUT2D eigenvalue weighted by molar-refractivity contribution is 0.509. The van der Waals surface area contributed by atoms with Crippen LogP contribution in [-0.2, 0) is 0 Å². The van der Waals surface area contributed by atoms with E-state index in [2.05, 4.69) is 19.2 Å². The molecule has 0 saturated carbocycles. The molecule has 0 aliphatic heterocycles. The van der Waals surface area contributed by atoms with Crippen molar-refractivity contribution in [3.8, 4) is 0 Å². The number of hydrogen-bond donors (Lipinski definition) is 2. The third kappa shape index (κ3) is 11.8. The molecule has 0 bridgehead atoms. The smallest absolute Gasteiger partial charge is 0.0165 e. The van der Waals surface area contributed by atoms with Gasteiger partial charge in [0.25, 0.3) is 0 Å². The summed E-state index contributed by atoms with van der Waals surface area (Å²) in [6.45, 7) is 6.61. The van der Waals surface area contributed by atoms with E-state index in [0.717, 1.165) is 13.1 Å². The summed E-state index contributed by atoms with van der Waals surface area (Å²) in [5.74, 6) is 0. The molecule has 0 aromatic carbocycles. The van der Waals surface area contributed by atoms with E-state index in [1.807, 2.05) is 0 Å². The maximum absolute atomic E-state index is 5.96. The minimum atomic E-state index is 0.362. The van der Waals surface area contributed by atoms with Gasteiger partial charge in [-0.2, -0.15) is 0 Å². The van der Waals surface area contributed by atoms with Crippen LogP contribution in [0.25, 0.3) is 0 Å². The number of hydrogen-bond acceptors (Lipinski definition) is 2. The van der Waals surface area contributed by atoms with Crippen LogP contribution < -0.4 is 11.1 Å². The van der Waals surface area contributed by atoms with Crippen molar-refractivity contribution in [3.05, 3.63) is 0 Å². The second-order valence-electron chi connectivity index (χ2n) is 4.52. The molecule has 0 saturated heterocycles. The molecule has 0 spiro atoms. The first-order chi connectivity index (χ1) is 7.31. The summed E-state index contributed by atoms with van der Waals surface area (Å²) in [6.07, 6.45) is 10.5. The molecular weight excluding hydrogens is 184 g/mol. The van der Waals surface area contributed by atoms with Gasteiger partial charge in [-0.1, -0.05) is 52.4 Å². The van der Waals surface area contributed by atoms with E-state index >= 15 is 0 Å². The van der Waals surface area contributed by atoms with Crippen LogP contribution in [0.2, 0.25) is 0 Å². The molecule has 0 aromatic heterocycles. The Hall–Kier alpha value is -0.0800. The highest BCUT2D eigenvalue weighted by Gasteiger charge is 1.99. The van der Waals surface area contributed by atoms with Crippen molar-refractivity contribution < 1.29 is 0 Å². The summed E-state index contributed by atoms with van der Waals surface area (Å²) in [5, 5.41) is 3.45. The molecule has 2 nitrogen and oxygen atoms in total. The summed E-state index contributed by atoms with van der Waals surface area (Å²) in [5.41, 5.74) is 5.96. The number of nitrogens with two attached hydrogens (primary N) is 1. The van der Waals surface area contributed by atoms with Gasteiger partial charge in [-0.15, -0.1) is 0 Å². The highest BCUT2D eigenvalue weighted by atomic mass is 14.9. The van der Waals surface area contributed by atoms with Crippen LogP contribution in [0.15, 0.2) is 0 Å². The lowest BCUT2D eigenvalue weighted by atomic mass is 10.1. The molecule has 0 radical (unpaired) electrons. The Balaban J connectivity index is 3.02. The lowest BCUT2D eigenvalue weighted by Crippen LogP contribution is -2.34. The second kappa shape index (κ2) is 12.0. The van der Waals surface area contributed by atoms with E-state index in [1.54, 1.807) is 0 Å². The second-order valence-corrected chi connectivity index (χ2v) is 4.52. The molecule has 92 valence electrons. The molecule has 1 unspecified atom stereocenters. The van der Waals surface area contributed by atoms with Crippen molar-refractivity contribution in [2.45, 2.75) is 71.3 Å². The van der Waals surface area contributed by atoms with Gasteiger partial charge in [0.05, 0.1) is 0 Å². The van der Waals surface area contributed by atoms with E-state index in [0.29, 0.717) is 6.04 Å². The Bertz CT molecular complexity index is 115. The molecule has 15 heavy (non-hydrogen) atoms. The Morgan fingerprint density at radius 2 is 1.60 bits per heavy atom. The maximum Gasteiger partial charge on any atom is 0.0165 e. The first-order valence-electron chi connectivity index (χ1n) is 6.77. The molecule has 3 N–H and O–H groups in total. The molecule has 0 fully saturated rings.